The lowest BCUT2D eigenvalue weighted by atomic mass is 10.1. The second-order valence-corrected chi connectivity index (χ2v) is 6.76. The number of pyridine rings is 2. The first-order valence-electron chi connectivity index (χ1n) is 8.83. The zero-order chi connectivity index (χ0) is 18.4. The minimum absolute atomic E-state index is 0.671. The summed E-state index contributed by atoms with van der Waals surface area (Å²) in [5.41, 5.74) is 7.19. The molecule has 132 valence electrons. The molecule has 0 atom stereocenters. The standard InChI is InChI=1S/C21H18N6/c1-13-8-15(11-22-10-13)19-17-6-5-16(9-18(17)27(2)26-19)25-21-20-14(12-24-21)4-3-7-23-20/h3-11H,12H2,1-2H3,(H,24,25). The van der Waals surface area contributed by atoms with Crippen molar-refractivity contribution in [2.75, 3.05) is 5.32 Å². The molecule has 5 rings (SSSR count). The highest BCUT2D eigenvalue weighted by atomic mass is 15.3. The number of rotatable bonds is 2. The highest BCUT2D eigenvalue weighted by molar-refractivity contribution is 6.10. The van der Waals surface area contributed by atoms with Crippen LogP contribution in [0.25, 0.3) is 22.2 Å². The van der Waals surface area contributed by atoms with E-state index in [0.29, 0.717) is 6.54 Å². The first-order chi connectivity index (χ1) is 13.2. The fraction of sp³-hybridized carbons (Fsp3) is 0.143. The van der Waals surface area contributed by atoms with Gasteiger partial charge in [-0.25, -0.2) is 0 Å². The van der Waals surface area contributed by atoms with Gasteiger partial charge < -0.3 is 5.32 Å². The van der Waals surface area contributed by atoms with Gasteiger partial charge in [0.1, 0.15) is 11.4 Å². The lowest BCUT2D eigenvalue weighted by molar-refractivity contribution is 0.800. The van der Waals surface area contributed by atoms with Gasteiger partial charge in [-0.05, 0) is 42.8 Å². The van der Waals surface area contributed by atoms with Gasteiger partial charge in [0.05, 0.1) is 12.1 Å². The van der Waals surface area contributed by atoms with Crippen LogP contribution in [0.2, 0.25) is 0 Å². The summed E-state index contributed by atoms with van der Waals surface area (Å²) in [6, 6.07) is 12.4. The van der Waals surface area contributed by atoms with Gasteiger partial charge in [-0.2, -0.15) is 5.10 Å². The van der Waals surface area contributed by atoms with Crippen LogP contribution in [0, 0.1) is 6.92 Å². The number of amidine groups is 1. The molecule has 4 heterocycles. The van der Waals surface area contributed by atoms with Crippen LogP contribution in [-0.4, -0.2) is 25.6 Å². The molecule has 0 amide bonds. The molecule has 0 saturated carbocycles. The average molecular weight is 354 g/mol. The van der Waals surface area contributed by atoms with Crippen molar-refractivity contribution in [2.45, 2.75) is 13.5 Å². The van der Waals surface area contributed by atoms with E-state index in [1.165, 1.54) is 0 Å². The number of aromatic nitrogens is 4. The summed E-state index contributed by atoms with van der Waals surface area (Å²) in [5.74, 6) is 0.815. The van der Waals surface area contributed by atoms with Gasteiger partial charge in [0, 0.05) is 47.8 Å². The van der Waals surface area contributed by atoms with Crippen LogP contribution in [0.4, 0.5) is 5.69 Å². The Hall–Kier alpha value is -3.54. The molecule has 6 heteroatoms. The van der Waals surface area contributed by atoms with Crippen LogP contribution in [0.3, 0.4) is 0 Å². The number of aliphatic imine (C=N–C) groups is 1. The molecule has 1 aliphatic rings. The average Bonchev–Trinajstić information content (AvgIpc) is 3.23. The summed E-state index contributed by atoms with van der Waals surface area (Å²) >= 11 is 0. The van der Waals surface area contributed by atoms with Crippen LogP contribution >= 0.6 is 0 Å². The Balaban J connectivity index is 1.53. The predicted octanol–water partition coefficient (Wildman–Crippen LogP) is 3.71. The summed E-state index contributed by atoms with van der Waals surface area (Å²) in [6.45, 7) is 2.71. The van der Waals surface area contributed by atoms with Crippen LogP contribution in [-0.2, 0) is 13.6 Å². The van der Waals surface area contributed by atoms with E-state index in [0.717, 1.165) is 50.5 Å². The third-order valence-electron chi connectivity index (χ3n) is 4.79. The first kappa shape index (κ1) is 15.7. The van der Waals surface area contributed by atoms with Gasteiger partial charge in [0.2, 0.25) is 0 Å². The number of nitrogens with zero attached hydrogens (tertiary/aromatic N) is 5. The monoisotopic (exact) mass is 354 g/mol. The van der Waals surface area contributed by atoms with E-state index < -0.39 is 0 Å². The summed E-state index contributed by atoms with van der Waals surface area (Å²) in [4.78, 5) is 13.3. The Morgan fingerprint density at radius 3 is 2.89 bits per heavy atom. The molecule has 0 bridgehead atoms. The Morgan fingerprint density at radius 1 is 1.07 bits per heavy atom. The van der Waals surface area contributed by atoms with Crippen molar-refractivity contribution < 1.29 is 0 Å². The molecular formula is C21H18N6. The molecule has 1 aromatic carbocycles. The number of aryl methyl sites for hydroxylation is 2. The largest absolute Gasteiger partial charge is 0.339 e. The SMILES string of the molecule is Cc1cncc(-c2nn(C)c3cc(NC4=NCc5cccnc54)ccc23)c1. The van der Waals surface area contributed by atoms with Crippen molar-refractivity contribution in [3.8, 4) is 11.3 Å². The smallest absolute Gasteiger partial charge is 0.152 e. The highest BCUT2D eigenvalue weighted by Gasteiger charge is 2.18. The third-order valence-corrected chi connectivity index (χ3v) is 4.79. The Kier molecular flexibility index (Phi) is 3.50. The Bertz CT molecular complexity index is 1200. The third kappa shape index (κ3) is 2.66. The van der Waals surface area contributed by atoms with Crippen molar-refractivity contribution in [1.29, 1.82) is 0 Å². The molecule has 1 N–H and O–H groups in total. The molecule has 27 heavy (non-hydrogen) atoms. The summed E-state index contributed by atoms with van der Waals surface area (Å²) in [5, 5.41) is 9.22. The van der Waals surface area contributed by atoms with Crippen LogP contribution in [0.5, 0.6) is 0 Å². The van der Waals surface area contributed by atoms with Crippen molar-refractivity contribution in [1.82, 2.24) is 19.7 Å². The lowest BCUT2D eigenvalue weighted by Crippen LogP contribution is -2.13. The van der Waals surface area contributed by atoms with E-state index >= 15 is 0 Å². The molecule has 0 saturated heterocycles. The molecule has 6 nitrogen and oxygen atoms in total. The first-order valence-corrected chi connectivity index (χ1v) is 8.83. The fourth-order valence-corrected chi connectivity index (χ4v) is 3.49. The summed E-state index contributed by atoms with van der Waals surface area (Å²) in [7, 11) is 1.96. The predicted molar refractivity (Wildman–Crippen MR) is 107 cm³/mol. The number of benzene rings is 1. The molecule has 4 aromatic rings. The quantitative estimate of drug-likeness (QED) is 0.596. The van der Waals surface area contributed by atoms with Gasteiger partial charge in [-0.1, -0.05) is 6.07 Å². The van der Waals surface area contributed by atoms with E-state index in [1.807, 2.05) is 37.1 Å². The highest BCUT2D eigenvalue weighted by Crippen LogP contribution is 2.30. The zero-order valence-corrected chi connectivity index (χ0v) is 15.1. The van der Waals surface area contributed by atoms with Crippen LogP contribution in [0.15, 0.2) is 60.0 Å². The van der Waals surface area contributed by atoms with Gasteiger partial charge in [-0.3, -0.25) is 19.6 Å². The van der Waals surface area contributed by atoms with Crippen molar-refractivity contribution >= 4 is 22.4 Å². The molecule has 0 spiro atoms. The maximum Gasteiger partial charge on any atom is 0.152 e. The summed E-state index contributed by atoms with van der Waals surface area (Å²) in [6.07, 6.45) is 5.51. The minimum Gasteiger partial charge on any atom is -0.339 e. The topological polar surface area (TPSA) is 68.0 Å². The number of anilines is 1. The van der Waals surface area contributed by atoms with Gasteiger partial charge in [-0.15, -0.1) is 0 Å². The maximum atomic E-state index is 4.72. The normalized spacial score (nSPS) is 12.9. The number of hydrogen-bond acceptors (Lipinski definition) is 5. The van der Waals surface area contributed by atoms with Gasteiger partial charge >= 0.3 is 0 Å². The van der Waals surface area contributed by atoms with E-state index in [2.05, 4.69) is 50.6 Å². The molecule has 3 aromatic heterocycles. The Labute approximate surface area is 156 Å². The summed E-state index contributed by atoms with van der Waals surface area (Å²) < 4.78 is 1.90. The minimum atomic E-state index is 0.671. The number of nitrogens with one attached hydrogen (secondary N) is 1. The molecule has 0 aliphatic carbocycles. The molecule has 0 fully saturated rings. The second-order valence-electron chi connectivity index (χ2n) is 6.76. The van der Waals surface area contributed by atoms with Crippen LogP contribution in [0.1, 0.15) is 16.8 Å². The van der Waals surface area contributed by atoms with E-state index in [1.54, 1.807) is 6.20 Å². The molecule has 0 radical (unpaired) electrons. The fourth-order valence-electron chi connectivity index (χ4n) is 3.49. The van der Waals surface area contributed by atoms with E-state index in [4.69, 9.17) is 5.10 Å². The molecule has 1 aliphatic heterocycles. The lowest BCUT2D eigenvalue weighted by Gasteiger charge is -2.07. The van der Waals surface area contributed by atoms with Crippen molar-refractivity contribution in [3.05, 3.63) is 71.8 Å². The Morgan fingerprint density at radius 2 is 2.00 bits per heavy atom. The van der Waals surface area contributed by atoms with Crippen molar-refractivity contribution in [3.63, 3.8) is 0 Å². The number of hydrogen-bond donors (Lipinski definition) is 1. The van der Waals surface area contributed by atoms with Crippen molar-refractivity contribution in [2.24, 2.45) is 12.0 Å². The number of fused-ring (bicyclic) bond motifs is 2. The van der Waals surface area contributed by atoms with Gasteiger partial charge in [0.25, 0.3) is 0 Å². The molecule has 0 unspecified atom stereocenters. The van der Waals surface area contributed by atoms with Crippen LogP contribution < -0.4 is 5.32 Å². The zero-order valence-electron chi connectivity index (χ0n) is 15.1. The van der Waals surface area contributed by atoms with E-state index in [9.17, 15) is 0 Å². The maximum absolute atomic E-state index is 4.72. The van der Waals surface area contributed by atoms with Gasteiger partial charge in [0.15, 0.2) is 5.84 Å². The second kappa shape index (κ2) is 6.02. The molecular weight excluding hydrogens is 336 g/mol. The van der Waals surface area contributed by atoms with E-state index in [-0.39, 0.29) is 0 Å².